The number of ether oxygens (including phenoxy) is 2. The maximum absolute atomic E-state index is 12.1. The molecule has 0 atom stereocenters. The van der Waals surface area contributed by atoms with Crippen LogP contribution in [0.2, 0.25) is 0 Å². The van der Waals surface area contributed by atoms with Gasteiger partial charge in [0.15, 0.2) is 5.71 Å². The molecule has 0 unspecified atom stereocenters. The van der Waals surface area contributed by atoms with E-state index in [2.05, 4.69) is 4.99 Å². The number of methoxy groups -OCH3 is 1. The molecule has 1 heterocycles. The molecular formula is C16H18N2O3. The van der Waals surface area contributed by atoms with Crippen LogP contribution in [0, 0.1) is 0 Å². The first-order chi connectivity index (χ1) is 10.2. The molecule has 0 N–H and O–H groups in total. The number of carbonyl (C=O) groups is 1. The van der Waals surface area contributed by atoms with Crippen molar-refractivity contribution in [3.05, 3.63) is 48.3 Å². The number of aryl methyl sites for hydroxylation is 1. The molecule has 1 aromatic carbocycles. The summed E-state index contributed by atoms with van der Waals surface area (Å²) < 4.78 is 12.0. The van der Waals surface area contributed by atoms with Gasteiger partial charge < -0.3 is 14.0 Å². The van der Waals surface area contributed by atoms with E-state index in [-0.39, 0.29) is 5.71 Å². The van der Waals surface area contributed by atoms with E-state index in [1.807, 2.05) is 29.9 Å². The predicted octanol–water partition coefficient (Wildman–Crippen LogP) is 2.72. The smallest absolute Gasteiger partial charge is 0.359 e. The largest absolute Gasteiger partial charge is 0.497 e. The second-order valence-electron chi connectivity index (χ2n) is 4.38. The second kappa shape index (κ2) is 6.74. The summed E-state index contributed by atoms with van der Waals surface area (Å²) in [5.74, 6) is 0.306. The van der Waals surface area contributed by atoms with Gasteiger partial charge in [-0.25, -0.2) is 9.79 Å². The van der Waals surface area contributed by atoms with Crippen LogP contribution in [0.4, 0.5) is 5.69 Å². The minimum Gasteiger partial charge on any atom is -0.497 e. The average molecular weight is 286 g/mol. The van der Waals surface area contributed by atoms with Crippen molar-refractivity contribution in [2.45, 2.75) is 6.92 Å². The third-order valence-electron chi connectivity index (χ3n) is 2.97. The molecule has 0 saturated heterocycles. The number of benzene rings is 1. The highest BCUT2D eigenvalue weighted by Crippen LogP contribution is 2.19. The van der Waals surface area contributed by atoms with Crippen LogP contribution >= 0.6 is 0 Å². The lowest BCUT2D eigenvalue weighted by Gasteiger charge is -2.08. The van der Waals surface area contributed by atoms with E-state index in [4.69, 9.17) is 9.47 Å². The van der Waals surface area contributed by atoms with Gasteiger partial charge in [-0.2, -0.15) is 0 Å². The Morgan fingerprint density at radius 2 is 1.95 bits per heavy atom. The maximum Gasteiger partial charge on any atom is 0.359 e. The van der Waals surface area contributed by atoms with Gasteiger partial charge in [0, 0.05) is 13.2 Å². The summed E-state index contributed by atoms with van der Waals surface area (Å²) in [6, 6.07) is 10.9. The Bertz CT molecular complexity index is 642. The van der Waals surface area contributed by atoms with Crippen LogP contribution in [-0.4, -0.2) is 30.0 Å². The van der Waals surface area contributed by atoms with Gasteiger partial charge in [-0.05, 0) is 43.3 Å². The molecule has 1 aromatic heterocycles. The van der Waals surface area contributed by atoms with E-state index in [1.165, 1.54) is 0 Å². The molecule has 0 aliphatic carbocycles. The molecule has 0 aliphatic heterocycles. The number of aromatic nitrogens is 1. The Morgan fingerprint density at radius 3 is 2.48 bits per heavy atom. The van der Waals surface area contributed by atoms with Crippen LogP contribution < -0.4 is 4.74 Å². The molecule has 0 bridgehead atoms. The van der Waals surface area contributed by atoms with Gasteiger partial charge in [0.1, 0.15) is 5.75 Å². The first-order valence-corrected chi connectivity index (χ1v) is 6.67. The molecule has 5 heteroatoms. The van der Waals surface area contributed by atoms with Crippen LogP contribution in [0.1, 0.15) is 12.6 Å². The van der Waals surface area contributed by atoms with E-state index < -0.39 is 5.97 Å². The van der Waals surface area contributed by atoms with Gasteiger partial charge in [-0.1, -0.05) is 0 Å². The lowest BCUT2D eigenvalue weighted by atomic mass is 10.2. The molecule has 0 spiro atoms. The number of rotatable bonds is 5. The normalized spacial score (nSPS) is 11.3. The third-order valence-corrected chi connectivity index (χ3v) is 2.97. The molecule has 2 aromatic rings. The van der Waals surface area contributed by atoms with E-state index in [0.29, 0.717) is 18.0 Å². The Hall–Kier alpha value is -2.56. The minimum atomic E-state index is -0.435. The average Bonchev–Trinajstić information content (AvgIpc) is 2.91. The van der Waals surface area contributed by atoms with E-state index in [0.717, 1.165) is 5.75 Å². The summed E-state index contributed by atoms with van der Waals surface area (Å²) in [4.78, 5) is 16.6. The quantitative estimate of drug-likeness (QED) is 0.627. The standard InChI is InChI=1S/C16H18N2O3/c1-4-21-16(19)15(14-6-5-11-18(14)2)17-12-7-9-13(20-3)10-8-12/h5-11H,4H2,1-3H3. The summed E-state index contributed by atoms with van der Waals surface area (Å²) in [6.07, 6.45) is 1.86. The zero-order valence-electron chi connectivity index (χ0n) is 12.4. The van der Waals surface area contributed by atoms with Gasteiger partial charge in [0.05, 0.1) is 25.1 Å². The molecule has 0 fully saturated rings. The number of carbonyl (C=O) groups excluding carboxylic acids is 1. The lowest BCUT2D eigenvalue weighted by molar-refractivity contribution is -0.134. The Kier molecular flexibility index (Phi) is 4.77. The van der Waals surface area contributed by atoms with E-state index >= 15 is 0 Å². The van der Waals surface area contributed by atoms with Gasteiger partial charge in [0.25, 0.3) is 0 Å². The van der Waals surface area contributed by atoms with Crippen molar-refractivity contribution in [2.24, 2.45) is 12.0 Å². The molecule has 0 amide bonds. The van der Waals surface area contributed by atoms with Crippen molar-refractivity contribution < 1.29 is 14.3 Å². The van der Waals surface area contributed by atoms with Crippen LogP contribution in [0.3, 0.4) is 0 Å². The predicted molar refractivity (Wildman–Crippen MR) is 81.2 cm³/mol. The lowest BCUT2D eigenvalue weighted by Crippen LogP contribution is -2.21. The first-order valence-electron chi connectivity index (χ1n) is 6.67. The first kappa shape index (κ1) is 14.8. The number of hydrogen-bond donors (Lipinski definition) is 0. The fraction of sp³-hybridized carbons (Fsp3) is 0.250. The van der Waals surface area contributed by atoms with Gasteiger partial charge >= 0.3 is 5.97 Å². The highest BCUT2D eigenvalue weighted by atomic mass is 16.5. The summed E-state index contributed by atoms with van der Waals surface area (Å²) in [6.45, 7) is 2.08. The van der Waals surface area contributed by atoms with E-state index in [9.17, 15) is 4.79 Å². The van der Waals surface area contributed by atoms with Crippen LogP contribution in [0.5, 0.6) is 5.75 Å². The number of aliphatic imine (C=N–C) groups is 1. The molecule has 2 rings (SSSR count). The van der Waals surface area contributed by atoms with Crippen LogP contribution in [0.25, 0.3) is 0 Å². The molecule has 0 aliphatic rings. The number of hydrogen-bond acceptors (Lipinski definition) is 4. The van der Waals surface area contributed by atoms with Crippen molar-refractivity contribution in [1.29, 1.82) is 0 Å². The fourth-order valence-corrected chi connectivity index (χ4v) is 1.90. The summed E-state index contributed by atoms with van der Waals surface area (Å²) in [7, 11) is 3.46. The van der Waals surface area contributed by atoms with Gasteiger partial charge in [-0.15, -0.1) is 0 Å². The van der Waals surface area contributed by atoms with Gasteiger partial charge in [-0.3, -0.25) is 0 Å². The topological polar surface area (TPSA) is 52.8 Å². The summed E-state index contributed by atoms with van der Waals surface area (Å²) >= 11 is 0. The van der Waals surface area contributed by atoms with Crippen LogP contribution in [0.15, 0.2) is 47.6 Å². The highest BCUT2D eigenvalue weighted by molar-refractivity contribution is 6.43. The Morgan fingerprint density at radius 1 is 1.24 bits per heavy atom. The van der Waals surface area contributed by atoms with Gasteiger partial charge in [0.2, 0.25) is 0 Å². The molecule has 5 nitrogen and oxygen atoms in total. The highest BCUT2D eigenvalue weighted by Gasteiger charge is 2.18. The fourth-order valence-electron chi connectivity index (χ4n) is 1.90. The van der Waals surface area contributed by atoms with Crippen molar-refractivity contribution >= 4 is 17.4 Å². The summed E-state index contributed by atoms with van der Waals surface area (Å²) in [5, 5.41) is 0. The molecule has 21 heavy (non-hydrogen) atoms. The van der Waals surface area contributed by atoms with Crippen molar-refractivity contribution in [3.8, 4) is 5.75 Å². The van der Waals surface area contributed by atoms with Crippen molar-refractivity contribution in [2.75, 3.05) is 13.7 Å². The summed E-state index contributed by atoms with van der Waals surface area (Å²) in [5.41, 5.74) is 1.67. The third kappa shape index (κ3) is 3.51. The molecule has 0 radical (unpaired) electrons. The monoisotopic (exact) mass is 286 g/mol. The maximum atomic E-state index is 12.1. The SMILES string of the molecule is CCOC(=O)C(=Nc1ccc(OC)cc1)c1cccn1C. The van der Waals surface area contributed by atoms with E-state index in [1.54, 1.807) is 38.3 Å². The zero-order valence-corrected chi connectivity index (χ0v) is 12.4. The number of esters is 1. The Labute approximate surface area is 123 Å². The van der Waals surface area contributed by atoms with Crippen LogP contribution in [-0.2, 0) is 16.6 Å². The second-order valence-corrected chi connectivity index (χ2v) is 4.38. The number of nitrogens with zero attached hydrogens (tertiary/aromatic N) is 2. The van der Waals surface area contributed by atoms with Crippen molar-refractivity contribution in [1.82, 2.24) is 4.57 Å². The zero-order chi connectivity index (χ0) is 15.2. The molecule has 0 saturated carbocycles. The molecular weight excluding hydrogens is 268 g/mol. The van der Waals surface area contributed by atoms with Crippen molar-refractivity contribution in [3.63, 3.8) is 0 Å². The molecule has 110 valence electrons. The minimum absolute atomic E-state index is 0.287. The Balaban J connectivity index is 2.40.